The standard InChI is InChI=1S/C23H25N5O3/c1-15-14-30-13-11-28(15)22-18-4-3-12-31-23(18)27-21(26-22)16-7-9-17(10-8-16)24-19-5-2-6-20(29)25-19/h2,5-10,15H,3-4,11-14H2,1H3,(H2,24,25,29). The minimum atomic E-state index is -0.144. The van der Waals surface area contributed by atoms with Crippen molar-refractivity contribution < 1.29 is 9.47 Å². The molecule has 2 N–H and O–H groups in total. The van der Waals surface area contributed by atoms with Crippen LogP contribution in [0.5, 0.6) is 5.88 Å². The normalized spacial score (nSPS) is 18.2. The molecule has 2 aromatic heterocycles. The molecule has 31 heavy (non-hydrogen) atoms. The molecule has 1 fully saturated rings. The lowest BCUT2D eigenvalue weighted by atomic mass is 10.1. The van der Waals surface area contributed by atoms with Crippen LogP contribution in [0.1, 0.15) is 18.9 Å². The number of nitrogens with zero attached hydrogens (tertiary/aromatic N) is 3. The number of morpholine rings is 1. The van der Waals surface area contributed by atoms with Crippen LogP contribution >= 0.6 is 0 Å². The van der Waals surface area contributed by atoms with Crippen molar-refractivity contribution in [3.05, 3.63) is 58.4 Å². The summed E-state index contributed by atoms with van der Waals surface area (Å²) in [6, 6.07) is 13.1. The first-order chi connectivity index (χ1) is 15.2. The van der Waals surface area contributed by atoms with Crippen molar-refractivity contribution >= 4 is 17.3 Å². The number of rotatable bonds is 4. The van der Waals surface area contributed by atoms with E-state index in [9.17, 15) is 4.79 Å². The lowest BCUT2D eigenvalue weighted by molar-refractivity contribution is 0.0983. The largest absolute Gasteiger partial charge is 0.477 e. The molecule has 1 aromatic carbocycles. The maximum Gasteiger partial charge on any atom is 0.249 e. The predicted octanol–water partition coefficient (Wildman–Crippen LogP) is 3.13. The smallest absolute Gasteiger partial charge is 0.249 e. The molecule has 0 saturated carbocycles. The van der Waals surface area contributed by atoms with E-state index >= 15 is 0 Å². The number of aromatic nitrogens is 3. The van der Waals surface area contributed by atoms with E-state index in [4.69, 9.17) is 19.4 Å². The predicted molar refractivity (Wildman–Crippen MR) is 119 cm³/mol. The summed E-state index contributed by atoms with van der Waals surface area (Å²) in [4.78, 5) is 26.3. The third kappa shape index (κ3) is 4.11. The molecule has 0 radical (unpaired) electrons. The van der Waals surface area contributed by atoms with Gasteiger partial charge in [0.25, 0.3) is 0 Å². The van der Waals surface area contributed by atoms with E-state index in [1.807, 2.05) is 30.3 Å². The number of H-pyrrole nitrogens is 1. The van der Waals surface area contributed by atoms with Gasteiger partial charge in [0, 0.05) is 23.9 Å². The Hall–Kier alpha value is -3.39. The van der Waals surface area contributed by atoms with Crippen molar-refractivity contribution in [2.24, 2.45) is 0 Å². The number of hydrogen-bond donors (Lipinski definition) is 2. The van der Waals surface area contributed by atoms with Crippen LogP contribution in [0.3, 0.4) is 0 Å². The molecule has 1 unspecified atom stereocenters. The third-order valence-corrected chi connectivity index (χ3v) is 5.59. The highest BCUT2D eigenvalue weighted by atomic mass is 16.5. The van der Waals surface area contributed by atoms with Gasteiger partial charge in [-0.05, 0) is 50.1 Å². The van der Waals surface area contributed by atoms with Crippen LogP contribution in [0.2, 0.25) is 0 Å². The zero-order chi connectivity index (χ0) is 21.2. The molecule has 1 saturated heterocycles. The van der Waals surface area contributed by atoms with Gasteiger partial charge in [-0.25, -0.2) is 4.98 Å². The molecule has 160 valence electrons. The first kappa shape index (κ1) is 19.6. The molecule has 0 bridgehead atoms. The summed E-state index contributed by atoms with van der Waals surface area (Å²) in [7, 11) is 0. The molecule has 3 aromatic rings. The van der Waals surface area contributed by atoms with Gasteiger partial charge in [0.2, 0.25) is 11.4 Å². The zero-order valence-electron chi connectivity index (χ0n) is 17.4. The molecule has 8 heteroatoms. The molecule has 4 heterocycles. The van der Waals surface area contributed by atoms with E-state index in [1.54, 1.807) is 6.07 Å². The van der Waals surface area contributed by atoms with Crippen molar-refractivity contribution in [1.29, 1.82) is 0 Å². The maximum atomic E-state index is 11.5. The van der Waals surface area contributed by atoms with E-state index in [2.05, 4.69) is 22.1 Å². The average Bonchev–Trinajstić information content (AvgIpc) is 2.79. The Bertz CT molecular complexity index is 1130. The fraction of sp³-hybridized carbons (Fsp3) is 0.348. The number of ether oxygens (including phenoxy) is 2. The van der Waals surface area contributed by atoms with E-state index < -0.39 is 0 Å². The van der Waals surface area contributed by atoms with Crippen molar-refractivity contribution in [3.63, 3.8) is 0 Å². The molecule has 2 aliphatic heterocycles. The minimum Gasteiger partial charge on any atom is -0.477 e. The van der Waals surface area contributed by atoms with Crippen molar-refractivity contribution in [2.75, 3.05) is 36.6 Å². The van der Waals surface area contributed by atoms with Crippen LogP contribution in [-0.4, -0.2) is 47.4 Å². The minimum absolute atomic E-state index is 0.144. The first-order valence-electron chi connectivity index (χ1n) is 10.6. The molecular weight excluding hydrogens is 394 g/mol. The summed E-state index contributed by atoms with van der Waals surface area (Å²) >= 11 is 0. The Morgan fingerprint density at radius 1 is 1.13 bits per heavy atom. The van der Waals surface area contributed by atoms with Gasteiger partial charge in [0.15, 0.2) is 5.82 Å². The summed E-state index contributed by atoms with van der Waals surface area (Å²) in [6.45, 7) is 5.03. The number of fused-ring (bicyclic) bond motifs is 1. The number of aromatic amines is 1. The Morgan fingerprint density at radius 2 is 2.00 bits per heavy atom. The van der Waals surface area contributed by atoms with Crippen LogP contribution in [0, 0.1) is 0 Å². The lowest BCUT2D eigenvalue weighted by Gasteiger charge is -2.36. The van der Waals surface area contributed by atoms with E-state index in [1.165, 1.54) is 6.07 Å². The van der Waals surface area contributed by atoms with Gasteiger partial charge in [-0.15, -0.1) is 0 Å². The Balaban J connectivity index is 1.47. The lowest BCUT2D eigenvalue weighted by Crippen LogP contribution is -2.45. The van der Waals surface area contributed by atoms with Crippen LogP contribution < -0.4 is 20.5 Å². The second-order valence-corrected chi connectivity index (χ2v) is 7.85. The maximum absolute atomic E-state index is 11.5. The number of anilines is 3. The summed E-state index contributed by atoms with van der Waals surface area (Å²) in [5.74, 6) is 2.94. The zero-order valence-corrected chi connectivity index (χ0v) is 17.4. The van der Waals surface area contributed by atoms with Crippen LogP contribution in [-0.2, 0) is 11.2 Å². The first-order valence-corrected chi connectivity index (χ1v) is 10.6. The van der Waals surface area contributed by atoms with Gasteiger partial charge < -0.3 is 24.7 Å². The van der Waals surface area contributed by atoms with E-state index in [0.717, 1.165) is 42.0 Å². The number of pyridine rings is 1. The van der Waals surface area contributed by atoms with Crippen molar-refractivity contribution in [3.8, 4) is 17.3 Å². The van der Waals surface area contributed by atoms with E-state index in [0.29, 0.717) is 37.3 Å². The van der Waals surface area contributed by atoms with Crippen molar-refractivity contribution in [2.45, 2.75) is 25.8 Å². The van der Waals surface area contributed by atoms with Crippen molar-refractivity contribution in [1.82, 2.24) is 15.0 Å². The Kier molecular flexibility index (Phi) is 5.30. The molecule has 5 rings (SSSR count). The van der Waals surface area contributed by atoms with Crippen LogP contribution in [0.15, 0.2) is 47.3 Å². The summed E-state index contributed by atoms with van der Waals surface area (Å²) in [5.41, 5.74) is 2.72. The second kappa shape index (κ2) is 8.39. The molecule has 0 spiro atoms. The second-order valence-electron chi connectivity index (χ2n) is 7.85. The molecule has 8 nitrogen and oxygen atoms in total. The van der Waals surface area contributed by atoms with Gasteiger partial charge in [0.1, 0.15) is 11.6 Å². The molecule has 0 amide bonds. The van der Waals surface area contributed by atoms with Gasteiger partial charge in [0.05, 0.1) is 31.4 Å². The Labute approximate surface area is 180 Å². The molecule has 0 aliphatic carbocycles. The van der Waals surface area contributed by atoms with Crippen LogP contribution in [0.4, 0.5) is 17.3 Å². The fourth-order valence-corrected chi connectivity index (χ4v) is 4.00. The average molecular weight is 419 g/mol. The monoisotopic (exact) mass is 419 g/mol. The highest BCUT2D eigenvalue weighted by Gasteiger charge is 2.28. The summed E-state index contributed by atoms with van der Waals surface area (Å²) in [5, 5.41) is 3.20. The van der Waals surface area contributed by atoms with Gasteiger partial charge >= 0.3 is 0 Å². The third-order valence-electron chi connectivity index (χ3n) is 5.59. The highest BCUT2D eigenvalue weighted by molar-refractivity contribution is 5.66. The fourth-order valence-electron chi connectivity index (χ4n) is 4.00. The SMILES string of the molecule is CC1COCCN1c1nc(-c2ccc(Nc3cccc(=O)[nH]3)cc2)nc2c1CCCO2. The van der Waals surface area contributed by atoms with Gasteiger partial charge in [-0.1, -0.05) is 6.07 Å². The number of hydrogen-bond acceptors (Lipinski definition) is 7. The molecule has 1 atom stereocenters. The van der Waals surface area contributed by atoms with E-state index in [-0.39, 0.29) is 11.6 Å². The van der Waals surface area contributed by atoms with Gasteiger partial charge in [-0.3, -0.25) is 4.79 Å². The summed E-state index contributed by atoms with van der Waals surface area (Å²) < 4.78 is 11.5. The molecular formula is C23H25N5O3. The van der Waals surface area contributed by atoms with Gasteiger partial charge in [-0.2, -0.15) is 4.98 Å². The quantitative estimate of drug-likeness (QED) is 0.671. The Morgan fingerprint density at radius 3 is 2.81 bits per heavy atom. The summed E-state index contributed by atoms with van der Waals surface area (Å²) in [6.07, 6.45) is 1.90. The number of nitrogens with one attached hydrogen (secondary N) is 2. The van der Waals surface area contributed by atoms with Crippen LogP contribution in [0.25, 0.3) is 11.4 Å². The topological polar surface area (TPSA) is 92.4 Å². The number of benzene rings is 1. The highest BCUT2D eigenvalue weighted by Crippen LogP contribution is 2.35. The molecule has 2 aliphatic rings.